The molecule has 108 valence electrons. The van der Waals surface area contributed by atoms with E-state index in [0.717, 1.165) is 0 Å². The van der Waals surface area contributed by atoms with Crippen LogP contribution in [0.25, 0.3) is 0 Å². The summed E-state index contributed by atoms with van der Waals surface area (Å²) in [6, 6.07) is 0. The second-order valence-electron chi connectivity index (χ2n) is 3.80. The molecule has 8 nitrogen and oxygen atoms in total. The Labute approximate surface area is 111 Å². The van der Waals surface area contributed by atoms with Gasteiger partial charge in [-0.25, -0.2) is 9.48 Å². The number of methoxy groups -OCH3 is 2. The average molecular weight is 273 g/mol. The number of aromatic carboxylic acids is 1. The fourth-order valence-electron chi connectivity index (χ4n) is 1.52. The molecule has 0 aromatic carbocycles. The van der Waals surface area contributed by atoms with Crippen molar-refractivity contribution < 1.29 is 24.1 Å². The number of ether oxygens (including phenoxy) is 3. The van der Waals surface area contributed by atoms with E-state index in [-0.39, 0.29) is 12.3 Å². The minimum atomic E-state index is -1.10. The van der Waals surface area contributed by atoms with Crippen molar-refractivity contribution in [3.8, 4) is 0 Å². The van der Waals surface area contributed by atoms with Crippen LogP contribution in [0.15, 0.2) is 0 Å². The Kier molecular flexibility index (Phi) is 7.01. The number of carboxylic acid groups (broad SMARTS) is 1. The molecule has 0 amide bonds. The third-order valence-corrected chi connectivity index (χ3v) is 2.41. The number of rotatable bonds is 10. The smallest absolute Gasteiger partial charge is 0.358 e. The van der Waals surface area contributed by atoms with E-state index < -0.39 is 5.97 Å². The first-order chi connectivity index (χ1) is 9.20. The fourth-order valence-corrected chi connectivity index (χ4v) is 1.52. The van der Waals surface area contributed by atoms with Crippen molar-refractivity contribution in [2.24, 2.45) is 0 Å². The Bertz CT molecular complexity index is 394. The zero-order chi connectivity index (χ0) is 14.1. The monoisotopic (exact) mass is 273 g/mol. The molecule has 0 aliphatic rings. The van der Waals surface area contributed by atoms with Crippen LogP contribution in [0.4, 0.5) is 0 Å². The van der Waals surface area contributed by atoms with Gasteiger partial charge in [0.15, 0.2) is 5.69 Å². The van der Waals surface area contributed by atoms with Gasteiger partial charge in [-0.3, -0.25) is 0 Å². The first-order valence-electron chi connectivity index (χ1n) is 5.92. The van der Waals surface area contributed by atoms with Crippen molar-refractivity contribution in [3.63, 3.8) is 0 Å². The van der Waals surface area contributed by atoms with E-state index in [4.69, 9.17) is 19.3 Å². The summed E-state index contributed by atoms with van der Waals surface area (Å²) < 4.78 is 16.7. The molecule has 0 atom stereocenters. The Morgan fingerprint density at radius 2 is 2.05 bits per heavy atom. The maximum absolute atomic E-state index is 10.9. The minimum Gasteiger partial charge on any atom is -0.476 e. The van der Waals surface area contributed by atoms with E-state index in [1.807, 2.05) is 0 Å². The predicted octanol–water partition coefficient (Wildman–Crippen LogP) is 0.176. The summed E-state index contributed by atoms with van der Waals surface area (Å²) in [6.45, 7) is 2.35. The molecule has 8 heteroatoms. The van der Waals surface area contributed by atoms with Crippen molar-refractivity contribution in [2.75, 3.05) is 34.0 Å². The second kappa shape index (κ2) is 8.57. The molecule has 0 fully saturated rings. The van der Waals surface area contributed by atoms with Gasteiger partial charge in [-0.05, 0) is 6.42 Å². The van der Waals surface area contributed by atoms with Crippen LogP contribution < -0.4 is 0 Å². The molecule has 19 heavy (non-hydrogen) atoms. The maximum Gasteiger partial charge on any atom is 0.358 e. The molecule has 0 spiro atoms. The Morgan fingerprint density at radius 1 is 1.26 bits per heavy atom. The van der Waals surface area contributed by atoms with Crippen LogP contribution in [-0.2, 0) is 27.4 Å². The lowest BCUT2D eigenvalue weighted by atomic mass is 10.3. The lowest BCUT2D eigenvalue weighted by Crippen LogP contribution is -2.11. The van der Waals surface area contributed by atoms with Gasteiger partial charge in [0.2, 0.25) is 0 Å². The lowest BCUT2D eigenvalue weighted by Gasteiger charge is -2.07. The topological polar surface area (TPSA) is 95.7 Å². The zero-order valence-corrected chi connectivity index (χ0v) is 11.2. The highest BCUT2D eigenvalue weighted by Gasteiger charge is 2.18. The van der Waals surface area contributed by atoms with E-state index in [0.29, 0.717) is 38.5 Å². The number of carboxylic acids is 1. The zero-order valence-electron chi connectivity index (χ0n) is 11.2. The highest BCUT2D eigenvalue weighted by atomic mass is 16.5. The summed E-state index contributed by atoms with van der Waals surface area (Å²) in [6.07, 6.45) is 0.711. The molecule has 0 bridgehead atoms. The first-order valence-corrected chi connectivity index (χ1v) is 5.92. The summed E-state index contributed by atoms with van der Waals surface area (Å²) in [7, 11) is 3.11. The second-order valence-corrected chi connectivity index (χ2v) is 3.80. The Morgan fingerprint density at radius 3 is 2.68 bits per heavy atom. The summed E-state index contributed by atoms with van der Waals surface area (Å²) in [5.74, 6) is -1.10. The highest BCUT2D eigenvalue weighted by molar-refractivity contribution is 5.86. The van der Waals surface area contributed by atoms with Gasteiger partial charge in [0.1, 0.15) is 0 Å². The number of nitrogens with zero attached hydrogens (tertiary/aromatic N) is 3. The molecular weight excluding hydrogens is 254 g/mol. The van der Waals surface area contributed by atoms with Crippen LogP contribution in [0.2, 0.25) is 0 Å². The molecule has 1 aromatic heterocycles. The van der Waals surface area contributed by atoms with E-state index >= 15 is 0 Å². The van der Waals surface area contributed by atoms with Gasteiger partial charge in [0.05, 0.1) is 25.5 Å². The Hall–Kier alpha value is -1.51. The van der Waals surface area contributed by atoms with Gasteiger partial charge < -0.3 is 19.3 Å². The van der Waals surface area contributed by atoms with Crippen LogP contribution in [0.3, 0.4) is 0 Å². The molecule has 0 aliphatic heterocycles. The largest absolute Gasteiger partial charge is 0.476 e. The van der Waals surface area contributed by atoms with Crippen LogP contribution in [-0.4, -0.2) is 60.1 Å². The van der Waals surface area contributed by atoms with E-state index in [1.54, 1.807) is 7.11 Å². The van der Waals surface area contributed by atoms with Crippen LogP contribution >= 0.6 is 0 Å². The maximum atomic E-state index is 10.9. The van der Waals surface area contributed by atoms with Crippen LogP contribution in [0, 0.1) is 0 Å². The number of hydrogen-bond donors (Lipinski definition) is 1. The number of aryl methyl sites for hydroxylation is 1. The fraction of sp³-hybridized carbons (Fsp3) is 0.727. The lowest BCUT2D eigenvalue weighted by molar-refractivity contribution is 0.0671. The molecule has 1 rings (SSSR count). The summed E-state index contributed by atoms with van der Waals surface area (Å²) in [5, 5.41) is 16.4. The van der Waals surface area contributed by atoms with Gasteiger partial charge in [0.25, 0.3) is 0 Å². The summed E-state index contributed by atoms with van der Waals surface area (Å²) in [4.78, 5) is 10.9. The van der Waals surface area contributed by atoms with Gasteiger partial charge in [0, 0.05) is 27.4 Å². The normalized spacial score (nSPS) is 10.8. The summed E-state index contributed by atoms with van der Waals surface area (Å²) in [5.41, 5.74) is 0.397. The van der Waals surface area contributed by atoms with E-state index in [9.17, 15) is 4.79 Å². The standard InChI is InChI=1S/C11H19N3O5/c1-17-6-7-19-5-3-4-14-9(8-18-2)10(11(15)16)12-13-14/h3-8H2,1-2H3,(H,15,16). The first kappa shape index (κ1) is 15.5. The molecule has 0 radical (unpaired) electrons. The van der Waals surface area contributed by atoms with Crippen molar-refractivity contribution in [1.29, 1.82) is 0 Å². The summed E-state index contributed by atoms with van der Waals surface area (Å²) >= 11 is 0. The molecule has 0 saturated carbocycles. The molecular formula is C11H19N3O5. The van der Waals surface area contributed by atoms with Crippen molar-refractivity contribution in [3.05, 3.63) is 11.4 Å². The number of hydrogen-bond acceptors (Lipinski definition) is 6. The van der Waals surface area contributed by atoms with Gasteiger partial charge in [-0.1, -0.05) is 5.21 Å². The van der Waals surface area contributed by atoms with Gasteiger partial charge in [-0.15, -0.1) is 5.10 Å². The molecule has 0 saturated heterocycles. The van der Waals surface area contributed by atoms with E-state index in [2.05, 4.69) is 10.3 Å². The van der Waals surface area contributed by atoms with Crippen molar-refractivity contribution in [2.45, 2.75) is 19.6 Å². The quantitative estimate of drug-likeness (QED) is 0.607. The molecule has 0 unspecified atom stereocenters. The van der Waals surface area contributed by atoms with Gasteiger partial charge >= 0.3 is 5.97 Å². The average Bonchev–Trinajstić information content (AvgIpc) is 2.77. The minimum absolute atomic E-state index is 0.0675. The molecule has 1 aromatic rings. The SMILES string of the molecule is COCCOCCCn1nnc(C(=O)O)c1COC. The number of aromatic nitrogens is 3. The van der Waals surface area contributed by atoms with Gasteiger partial charge in [-0.2, -0.15) is 0 Å². The third kappa shape index (κ3) is 4.93. The Balaban J connectivity index is 2.46. The number of carbonyl (C=O) groups is 1. The highest BCUT2D eigenvalue weighted by Crippen LogP contribution is 2.08. The molecule has 0 aliphatic carbocycles. The molecule has 1 heterocycles. The van der Waals surface area contributed by atoms with E-state index in [1.165, 1.54) is 11.8 Å². The van der Waals surface area contributed by atoms with Crippen LogP contribution in [0.1, 0.15) is 22.6 Å². The predicted molar refractivity (Wildman–Crippen MR) is 65.0 cm³/mol. The van der Waals surface area contributed by atoms with Crippen LogP contribution in [0.5, 0.6) is 0 Å². The van der Waals surface area contributed by atoms with Crippen molar-refractivity contribution in [1.82, 2.24) is 15.0 Å². The molecule has 1 N–H and O–H groups in total. The van der Waals surface area contributed by atoms with Crippen molar-refractivity contribution >= 4 is 5.97 Å². The third-order valence-electron chi connectivity index (χ3n) is 2.41.